The first-order chi connectivity index (χ1) is 9.25. The Morgan fingerprint density at radius 2 is 2.11 bits per heavy atom. The third kappa shape index (κ3) is 2.98. The molecule has 0 radical (unpaired) electrons. The van der Waals surface area contributed by atoms with Gasteiger partial charge in [0.05, 0.1) is 6.04 Å². The Bertz CT molecular complexity index is 382. The Labute approximate surface area is 115 Å². The molecule has 1 aromatic rings. The van der Waals surface area contributed by atoms with E-state index in [9.17, 15) is 0 Å². The lowest BCUT2D eigenvalue weighted by Crippen LogP contribution is -2.30. The summed E-state index contributed by atoms with van der Waals surface area (Å²) in [7, 11) is 0. The van der Waals surface area contributed by atoms with Crippen molar-refractivity contribution in [1.29, 1.82) is 0 Å². The lowest BCUT2D eigenvalue weighted by molar-refractivity contribution is -0.0583. The maximum atomic E-state index is 5.91. The Morgan fingerprint density at radius 3 is 2.68 bits per heavy atom. The van der Waals surface area contributed by atoms with Gasteiger partial charge >= 0.3 is 0 Å². The molecule has 1 aliphatic rings. The van der Waals surface area contributed by atoms with Crippen LogP contribution in [-0.4, -0.2) is 23.3 Å². The molecule has 1 saturated heterocycles. The predicted octanol–water partition coefficient (Wildman–Crippen LogP) is 2.94. The van der Waals surface area contributed by atoms with Crippen molar-refractivity contribution in [3.05, 3.63) is 11.7 Å². The van der Waals surface area contributed by atoms with Gasteiger partial charge in [-0.3, -0.25) is 0 Å². The van der Waals surface area contributed by atoms with E-state index in [0.717, 1.165) is 25.8 Å². The second kappa shape index (κ2) is 6.48. The van der Waals surface area contributed by atoms with Crippen LogP contribution in [0, 0.1) is 0 Å². The maximum Gasteiger partial charge on any atom is 0.243 e. The molecule has 0 saturated carbocycles. The number of rotatable bonds is 6. The van der Waals surface area contributed by atoms with Crippen LogP contribution < -0.4 is 5.32 Å². The number of piperidine rings is 1. The topological polar surface area (TPSA) is 60.2 Å². The largest absolute Gasteiger partial charge is 0.367 e. The quantitative estimate of drug-likeness (QED) is 0.858. The molecule has 2 heterocycles. The molecule has 0 spiro atoms. The molecule has 5 heteroatoms. The van der Waals surface area contributed by atoms with Gasteiger partial charge in [0, 0.05) is 6.61 Å². The lowest BCUT2D eigenvalue weighted by atomic mass is 9.96. The van der Waals surface area contributed by atoms with Crippen molar-refractivity contribution in [2.45, 2.75) is 64.5 Å². The summed E-state index contributed by atoms with van der Waals surface area (Å²) in [5.74, 6) is 1.41. The van der Waals surface area contributed by atoms with Crippen LogP contribution in [0.1, 0.15) is 70.6 Å². The van der Waals surface area contributed by atoms with E-state index in [1.54, 1.807) is 0 Å². The Hall–Kier alpha value is -0.940. The van der Waals surface area contributed by atoms with Crippen molar-refractivity contribution < 1.29 is 9.26 Å². The van der Waals surface area contributed by atoms with Crippen molar-refractivity contribution in [2.75, 3.05) is 13.2 Å². The summed E-state index contributed by atoms with van der Waals surface area (Å²) in [5, 5.41) is 7.60. The molecule has 1 aliphatic heterocycles. The Balaban J connectivity index is 2.17. The van der Waals surface area contributed by atoms with Gasteiger partial charge in [-0.15, -0.1) is 0 Å². The van der Waals surface area contributed by atoms with Crippen LogP contribution in [0.15, 0.2) is 4.52 Å². The number of hydrogen-bond donors (Lipinski definition) is 1. The maximum absolute atomic E-state index is 5.91. The second-order valence-electron chi connectivity index (χ2n) is 5.09. The number of aromatic nitrogens is 2. The van der Waals surface area contributed by atoms with E-state index < -0.39 is 5.60 Å². The smallest absolute Gasteiger partial charge is 0.243 e. The summed E-state index contributed by atoms with van der Waals surface area (Å²) >= 11 is 0. The van der Waals surface area contributed by atoms with Crippen molar-refractivity contribution in [3.63, 3.8) is 0 Å². The molecule has 0 aromatic carbocycles. The van der Waals surface area contributed by atoms with Gasteiger partial charge in [0.25, 0.3) is 0 Å². The van der Waals surface area contributed by atoms with Crippen LogP contribution >= 0.6 is 0 Å². The highest BCUT2D eigenvalue weighted by Crippen LogP contribution is 2.32. The number of nitrogens with zero attached hydrogens (tertiary/aromatic N) is 2. The van der Waals surface area contributed by atoms with E-state index in [0.29, 0.717) is 18.3 Å². The predicted molar refractivity (Wildman–Crippen MR) is 72.8 cm³/mol. The molecule has 1 aromatic heterocycles. The van der Waals surface area contributed by atoms with E-state index in [1.807, 2.05) is 6.92 Å². The van der Waals surface area contributed by atoms with Crippen LogP contribution in [0.4, 0.5) is 0 Å². The van der Waals surface area contributed by atoms with E-state index >= 15 is 0 Å². The van der Waals surface area contributed by atoms with Gasteiger partial charge < -0.3 is 14.6 Å². The van der Waals surface area contributed by atoms with Gasteiger partial charge in [-0.2, -0.15) is 4.98 Å². The zero-order valence-electron chi connectivity index (χ0n) is 12.2. The van der Waals surface area contributed by atoms with E-state index in [-0.39, 0.29) is 6.04 Å². The minimum absolute atomic E-state index is 0.211. The Morgan fingerprint density at radius 1 is 1.32 bits per heavy atom. The fraction of sp³-hybridized carbons (Fsp3) is 0.857. The van der Waals surface area contributed by atoms with Gasteiger partial charge in [0.2, 0.25) is 11.7 Å². The summed E-state index contributed by atoms with van der Waals surface area (Å²) in [6, 6.07) is 0.211. The standard InChI is InChI=1S/C14H25N3O2/c1-4-14(5-2,18-6-3)13-16-12(19-17-13)11-9-7-8-10-15-11/h11,15H,4-10H2,1-3H3. The summed E-state index contributed by atoms with van der Waals surface area (Å²) in [6.45, 7) is 7.90. The molecule has 5 nitrogen and oxygen atoms in total. The summed E-state index contributed by atoms with van der Waals surface area (Å²) in [6.07, 6.45) is 5.22. The normalized spacial score (nSPS) is 20.7. The van der Waals surface area contributed by atoms with Gasteiger partial charge in [-0.05, 0) is 39.2 Å². The van der Waals surface area contributed by atoms with E-state index in [4.69, 9.17) is 9.26 Å². The highest BCUT2D eigenvalue weighted by atomic mass is 16.5. The third-order valence-electron chi connectivity index (χ3n) is 4.02. The van der Waals surface area contributed by atoms with Crippen LogP contribution in [0.3, 0.4) is 0 Å². The minimum atomic E-state index is -0.398. The SMILES string of the molecule is CCOC(CC)(CC)c1noc(C2CCCCN2)n1. The molecule has 1 fully saturated rings. The van der Waals surface area contributed by atoms with E-state index in [2.05, 4.69) is 29.3 Å². The second-order valence-corrected chi connectivity index (χ2v) is 5.09. The zero-order chi connectivity index (χ0) is 13.7. The van der Waals surface area contributed by atoms with Crippen LogP contribution in [0.2, 0.25) is 0 Å². The molecule has 2 rings (SSSR count). The van der Waals surface area contributed by atoms with Crippen molar-refractivity contribution >= 4 is 0 Å². The van der Waals surface area contributed by atoms with Crippen LogP contribution in [0.25, 0.3) is 0 Å². The minimum Gasteiger partial charge on any atom is -0.367 e. The molecule has 1 N–H and O–H groups in total. The number of nitrogens with one attached hydrogen (secondary N) is 1. The third-order valence-corrected chi connectivity index (χ3v) is 4.02. The van der Waals surface area contributed by atoms with Crippen molar-refractivity contribution in [2.24, 2.45) is 0 Å². The van der Waals surface area contributed by atoms with Gasteiger partial charge in [0.1, 0.15) is 5.60 Å². The summed E-state index contributed by atoms with van der Waals surface area (Å²) in [4.78, 5) is 4.60. The molecule has 1 unspecified atom stereocenters. The van der Waals surface area contributed by atoms with Gasteiger partial charge in [0.15, 0.2) is 0 Å². The van der Waals surface area contributed by atoms with Crippen molar-refractivity contribution in [1.82, 2.24) is 15.5 Å². The number of ether oxygens (including phenoxy) is 1. The molecular weight excluding hydrogens is 242 g/mol. The fourth-order valence-corrected chi connectivity index (χ4v) is 2.74. The van der Waals surface area contributed by atoms with Gasteiger partial charge in [-0.1, -0.05) is 25.4 Å². The first-order valence-electron chi connectivity index (χ1n) is 7.47. The van der Waals surface area contributed by atoms with Crippen LogP contribution in [-0.2, 0) is 10.3 Å². The molecule has 0 aliphatic carbocycles. The van der Waals surface area contributed by atoms with Crippen molar-refractivity contribution in [3.8, 4) is 0 Å². The molecular formula is C14H25N3O2. The summed E-state index contributed by atoms with van der Waals surface area (Å²) in [5.41, 5.74) is -0.398. The van der Waals surface area contributed by atoms with Gasteiger partial charge in [-0.25, -0.2) is 0 Å². The molecule has 1 atom stereocenters. The average molecular weight is 267 g/mol. The molecule has 0 amide bonds. The Kier molecular flexibility index (Phi) is 4.93. The molecule has 0 bridgehead atoms. The fourth-order valence-electron chi connectivity index (χ4n) is 2.74. The highest BCUT2D eigenvalue weighted by Gasteiger charge is 2.35. The lowest BCUT2D eigenvalue weighted by Gasteiger charge is -2.27. The number of hydrogen-bond acceptors (Lipinski definition) is 5. The molecule has 108 valence electrons. The van der Waals surface area contributed by atoms with E-state index in [1.165, 1.54) is 12.8 Å². The van der Waals surface area contributed by atoms with Crippen LogP contribution in [0.5, 0.6) is 0 Å². The average Bonchev–Trinajstić information content (AvgIpc) is 2.96. The first-order valence-corrected chi connectivity index (χ1v) is 7.47. The zero-order valence-corrected chi connectivity index (χ0v) is 12.2. The monoisotopic (exact) mass is 267 g/mol. The summed E-state index contributed by atoms with van der Waals surface area (Å²) < 4.78 is 11.4. The highest BCUT2D eigenvalue weighted by molar-refractivity contribution is 5.03. The first kappa shape index (κ1) is 14.5. The molecule has 19 heavy (non-hydrogen) atoms.